The molecule has 0 spiro atoms. The fourth-order valence-corrected chi connectivity index (χ4v) is 2.75. The van der Waals surface area contributed by atoms with E-state index in [0.29, 0.717) is 16.5 Å². The molecule has 2 rings (SSSR count). The van der Waals surface area contributed by atoms with Gasteiger partial charge in [-0.1, -0.05) is 11.6 Å². The number of aromatic nitrogens is 2. The van der Waals surface area contributed by atoms with Crippen LogP contribution in [0.25, 0.3) is 0 Å². The first kappa shape index (κ1) is 17.6. The molecule has 0 aliphatic heterocycles. The SMILES string of the molecule is COc1ccc(NC(=O)c2nc(S(C)(=O)=O)ncc2Br)cc1Cl. The number of carbonyl (C=O) groups excluding carboxylic acids is 1. The van der Waals surface area contributed by atoms with Crippen molar-refractivity contribution in [1.82, 2.24) is 9.97 Å². The van der Waals surface area contributed by atoms with Crippen LogP contribution >= 0.6 is 27.5 Å². The Labute approximate surface area is 146 Å². The first-order chi connectivity index (χ1) is 10.7. The topological polar surface area (TPSA) is 98.2 Å². The Kier molecular flexibility index (Phi) is 5.23. The Morgan fingerprint density at radius 2 is 2.09 bits per heavy atom. The fraction of sp³-hybridized carbons (Fsp3) is 0.154. The van der Waals surface area contributed by atoms with Crippen LogP contribution in [0.15, 0.2) is 34.0 Å². The van der Waals surface area contributed by atoms with Gasteiger partial charge in [0.1, 0.15) is 11.4 Å². The van der Waals surface area contributed by atoms with Crippen LogP contribution in [-0.4, -0.2) is 37.7 Å². The third kappa shape index (κ3) is 4.18. The largest absolute Gasteiger partial charge is 0.495 e. The highest BCUT2D eigenvalue weighted by Gasteiger charge is 2.19. The molecular weight excluding hydrogens is 410 g/mol. The minimum atomic E-state index is -3.62. The Hall–Kier alpha value is -1.71. The predicted molar refractivity (Wildman–Crippen MR) is 88.8 cm³/mol. The number of hydrogen-bond acceptors (Lipinski definition) is 6. The standard InChI is InChI=1S/C13H11BrClN3O4S/c1-22-10-4-3-7(5-9(10)15)17-12(19)11-8(14)6-16-13(18-11)23(2,20)21/h3-6H,1-2H3,(H,17,19). The number of ether oxygens (including phenoxy) is 1. The van der Waals surface area contributed by atoms with E-state index in [-0.39, 0.29) is 10.2 Å². The summed E-state index contributed by atoms with van der Waals surface area (Å²) in [5.74, 6) is -0.141. The van der Waals surface area contributed by atoms with Gasteiger partial charge in [-0.2, -0.15) is 0 Å². The van der Waals surface area contributed by atoms with E-state index in [1.54, 1.807) is 12.1 Å². The summed E-state index contributed by atoms with van der Waals surface area (Å²) in [5, 5.41) is 2.47. The van der Waals surface area contributed by atoms with Gasteiger partial charge in [-0.3, -0.25) is 4.79 Å². The second kappa shape index (κ2) is 6.81. The number of benzene rings is 1. The molecule has 2 aromatic rings. The molecule has 0 saturated heterocycles. The third-order valence-electron chi connectivity index (χ3n) is 2.68. The van der Waals surface area contributed by atoms with Crippen LogP contribution in [0.2, 0.25) is 5.02 Å². The molecule has 0 radical (unpaired) electrons. The van der Waals surface area contributed by atoms with Gasteiger partial charge in [-0.05, 0) is 34.1 Å². The van der Waals surface area contributed by atoms with E-state index in [0.717, 1.165) is 6.26 Å². The number of halogens is 2. The van der Waals surface area contributed by atoms with Crippen LogP contribution < -0.4 is 10.1 Å². The van der Waals surface area contributed by atoms with Crippen LogP contribution in [0.1, 0.15) is 10.5 Å². The minimum Gasteiger partial charge on any atom is -0.495 e. The maximum absolute atomic E-state index is 12.3. The first-order valence-electron chi connectivity index (χ1n) is 6.10. The number of hydrogen-bond donors (Lipinski definition) is 1. The molecule has 0 unspecified atom stereocenters. The molecular formula is C13H11BrClN3O4S. The van der Waals surface area contributed by atoms with Gasteiger partial charge < -0.3 is 10.1 Å². The lowest BCUT2D eigenvalue weighted by Crippen LogP contribution is -2.17. The number of amides is 1. The lowest BCUT2D eigenvalue weighted by Gasteiger charge is -2.09. The van der Waals surface area contributed by atoms with Crippen LogP contribution in [0.3, 0.4) is 0 Å². The van der Waals surface area contributed by atoms with Crippen molar-refractivity contribution < 1.29 is 17.9 Å². The second-order valence-electron chi connectivity index (χ2n) is 4.42. The van der Waals surface area contributed by atoms with Crippen LogP contribution in [-0.2, 0) is 9.84 Å². The maximum Gasteiger partial charge on any atom is 0.275 e. The van der Waals surface area contributed by atoms with Crippen molar-refractivity contribution in [1.29, 1.82) is 0 Å². The van der Waals surface area contributed by atoms with E-state index in [9.17, 15) is 13.2 Å². The van der Waals surface area contributed by atoms with Gasteiger partial charge in [0.05, 0.1) is 16.6 Å². The number of nitrogens with zero attached hydrogens (tertiary/aromatic N) is 2. The monoisotopic (exact) mass is 419 g/mol. The van der Waals surface area contributed by atoms with Crippen molar-refractivity contribution in [2.75, 3.05) is 18.7 Å². The highest BCUT2D eigenvalue weighted by molar-refractivity contribution is 9.10. The summed E-state index contributed by atoms with van der Waals surface area (Å²) >= 11 is 9.11. The highest BCUT2D eigenvalue weighted by atomic mass is 79.9. The predicted octanol–water partition coefficient (Wildman–Crippen LogP) is 2.56. The lowest BCUT2D eigenvalue weighted by molar-refractivity contribution is 0.102. The second-order valence-corrected chi connectivity index (χ2v) is 7.60. The van der Waals surface area contributed by atoms with Crippen molar-refractivity contribution in [3.63, 3.8) is 0 Å². The van der Waals surface area contributed by atoms with Crippen molar-refractivity contribution in [2.45, 2.75) is 5.16 Å². The molecule has 0 bridgehead atoms. The molecule has 1 heterocycles. The van der Waals surface area contributed by atoms with Crippen LogP contribution in [0, 0.1) is 0 Å². The van der Waals surface area contributed by atoms with E-state index in [1.807, 2.05) is 0 Å². The van der Waals surface area contributed by atoms with Crippen molar-refractivity contribution in [3.8, 4) is 5.75 Å². The molecule has 1 amide bonds. The Balaban J connectivity index is 2.32. The first-order valence-corrected chi connectivity index (χ1v) is 9.16. The number of rotatable bonds is 4. The zero-order valence-corrected chi connectivity index (χ0v) is 15.2. The van der Waals surface area contributed by atoms with E-state index >= 15 is 0 Å². The summed E-state index contributed by atoms with van der Waals surface area (Å²) < 4.78 is 28.3. The summed E-state index contributed by atoms with van der Waals surface area (Å²) in [6, 6.07) is 4.69. The minimum absolute atomic E-state index is 0.104. The van der Waals surface area contributed by atoms with Crippen molar-refractivity contribution >= 4 is 49.0 Å². The van der Waals surface area contributed by atoms with Gasteiger partial charge in [0.25, 0.3) is 5.91 Å². The zero-order valence-electron chi connectivity index (χ0n) is 12.0. The van der Waals surface area contributed by atoms with Crippen LogP contribution in [0.5, 0.6) is 5.75 Å². The summed E-state index contributed by atoms with van der Waals surface area (Å²) in [7, 11) is -2.15. The highest BCUT2D eigenvalue weighted by Crippen LogP contribution is 2.27. The molecule has 0 aliphatic rings. The Bertz CT molecular complexity index is 874. The quantitative estimate of drug-likeness (QED) is 0.763. The molecule has 122 valence electrons. The summed E-state index contributed by atoms with van der Waals surface area (Å²) in [6.45, 7) is 0. The molecule has 1 aromatic carbocycles. The molecule has 0 aliphatic carbocycles. The average Bonchev–Trinajstić information content (AvgIpc) is 2.46. The molecule has 7 nitrogen and oxygen atoms in total. The number of anilines is 1. The van der Waals surface area contributed by atoms with Gasteiger partial charge in [0.2, 0.25) is 15.0 Å². The van der Waals surface area contributed by atoms with E-state index in [4.69, 9.17) is 16.3 Å². The molecule has 23 heavy (non-hydrogen) atoms. The lowest BCUT2D eigenvalue weighted by atomic mass is 10.3. The normalized spacial score (nSPS) is 11.1. The van der Waals surface area contributed by atoms with Gasteiger partial charge in [-0.25, -0.2) is 18.4 Å². The molecule has 1 N–H and O–H groups in total. The summed E-state index contributed by atoms with van der Waals surface area (Å²) in [6.07, 6.45) is 2.17. The fourth-order valence-electron chi connectivity index (χ4n) is 1.62. The molecule has 0 atom stereocenters. The van der Waals surface area contributed by atoms with E-state index in [2.05, 4.69) is 31.2 Å². The Morgan fingerprint density at radius 1 is 1.39 bits per heavy atom. The van der Waals surface area contributed by atoms with Crippen molar-refractivity contribution in [2.24, 2.45) is 0 Å². The average molecular weight is 421 g/mol. The zero-order chi connectivity index (χ0) is 17.2. The number of nitrogens with one attached hydrogen (secondary N) is 1. The van der Waals surface area contributed by atoms with Crippen molar-refractivity contribution in [3.05, 3.63) is 39.6 Å². The van der Waals surface area contributed by atoms with Gasteiger partial charge >= 0.3 is 0 Å². The smallest absolute Gasteiger partial charge is 0.275 e. The van der Waals surface area contributed by atoms with Crippen LogP contribution in [0.4, 0.5) is 5.69 Å². The Morgan fingerprint density at radius 3 is 2.65 bits per heavy atom. The molecule has 0 saturated carbocycles. The third-order valence-corrected chi connectivity index (χ3v) is 4.41. The summed E-state index contributed by atoms with van der Waals surface area (Å²) in [5.41, 5.74) is 0.305. The summed E-state index contributed by atoms with van der Waals surface area (Å²) in [4.78, 5) is 19.7. The number of methoxy groups -OCH3 is 1. The molecule has 1 aromatic heterocycles. The van der Waals surface area contributed by atoms with Gasteiger partial charge in [0, 0.05) is 18.1 Å². The number of sulfone groups is 1. The molecule has 10 heteroatoms. The van der Waals surface area contributed by atoms with Gasteiger partial charge in [0.15, 0.2) is 0 Å². The van der Waals surface area contributed by atoms with E-state index in [1.165, 1.54) is 19.4 Å². The van der Waals surface area contributed by atoms with E-state index < -0.39 is 20.9 Å². The maximum atomic E-state index is 12.3. The van der Waals surface area contributed by atoms with Gasteiger partial charge in [-0.15, -0.1) is 0 Å². The number of carbonyl (C=O) groups is 1. The molecule has 0 fully saturated rings.